The van der Waals surface area contributed by atoms with Crippen LogP contribution in [0, 0.1) is 27.7 Å². The first-order valence-corrected chi connectivity index (χ1v) is 6.49. The average Bonchev–Trinajstić information content (AvgIpc) is 2.60. The Kier molecular flexibility index (Phi) is 3.53. The molecule has 20 heavy (non-hydrogen) atoms. The lowest BCUT2D eigenvalue weighted by molar-refractivity contribution is 0.102. The van der Waals surface area contributed by atoms with E-state index in [2.05, 4.69) is 10.4 Å². The summed E-state index contributed by atoms with van der Waals surface area (Å²) in [5.74, 6) is -0.153. The van der Waals surface area contributed by atoms with Gasteiger partial charge in [-0.2, -0.15) is 5.10 Å². The van der Waals surface area contributed by atoms with Gasteiger partial charge < -0.3 is 11.1 Å². The van der Waals surface area contributed by atoms with Gasteiger partial charge in [0.1, 0.15) is 0 Å². The summed E-state index contributed by atoms with van der Waals surface area (Å²) in [7, 11) is 1.83. The van der Waals surface area contributed by atoms with Crippen LogP contribution in [-0.4, -0.2) is 15.7 Å². The van der Waals surface area contributed by atoms with Crippen molar-refractivity contribution in [1.82, 2.24) is 9.78 Å². The lowest BCUT2D eigenvalue weighted by Gasteiger charge is -2.11. The van der Waals surface area contributed by atoms with Crippen molar-refractivity contribution in [2.24, 2.45) is 7.05 Å². The molecule has 1 heterocycles. The van der Waals surface area contributed by atoms with E-state index in [-0.39, 0.29) is 5.91 Å². The van der Waals surface area contributed by atoms with Crippen molar-refractivity contribution in [3.05, 3.63) is 40.2 Å². The molecule has 0 aliphatic rings. The molecule has 2 rings (SSSR count). The number of benzene rings is 1. The number of amides is 1. The van der Waals surface area contributed by atoms with Gasteiger partial charge in [-0.1, -0.05) is 6.07 Å². The first kappa shape index (κ1) is 14.1. The number of aromatic nitrogens is 2. The molecular formula is C15H20N4O. The molecule has 0 saturated carbocycles. The predicted molar refractivity (Wildman–Crippen MR) is 81.0 cm³/mol. The maximum absolute atomic E-state index is 12.4. The molecule has 0 spiro atoms. The van der Waals surface area contributed by atoms with Crippen molar-refractivity contribution in [2.45, 2.75) is 27.7 Å². The number of nitrogens with zero attached hydrogens (tertiary/aromatic N) is 2. The summed E-state index contributed by atoms with van der Waals surface area (Å²) in [6.45, 7) is 7.61. The van der Waals surface area contributed by atoms with E-state index in [1.165, 1.54) is 0 Å². The summed E-state index contributed by atoms with van der Waals surface area (Å²) in [6.07, 6.45) is 0. The van der Waals surface area contributed by atoms with Gasteiger partial charge in [0.2, 0.25) is 0 Å². The monoisotopic (exact) mass is 272 g/mol. The zero-order chi connectivity index (χ0) is 15.0. The molecular weight excluding hydrogens is 252 g/mol. The largest absolute Gasteiger partial charge is 0.398 e. The van der Waals surface area contributed by atoms with Crippen LogP contribution in [-0.2, 0) is 7.05 Å². The molecule has 0 saturated heterocycles. The number of aryl methyl sites for hydroxylation is 4. The number of nitrogens with two attached hydrogens (primary N) is 1. The SMILES string of the molecule is Cc1cc(C)c(NC(=O)c2c(C)nn(C)c2C)cc1N. The zero-order valence-electron chi connectivity index (χ0n) is 12.5. The summed E-state index contributed by atoms with van der Waals surface area (Å²) in [5.41, 5.74) is 11.5. The lowest BCUT2D eigenvalue weighted by atomic mass is 10.1. The first-order chi connectivity index (χ1) is 9.31. The van der Waals surface area contributed by atoms with Gasteiger partial charge in [-0.15, -0.1) is 0 Å². The van der Waals surface area contributed by atoms with Crippen LogP contribution >= 0.6 is 0 Å². The number of nitrogens with one attached hydrogen (secondary N) is 1. The molecule has 5 heteroatoms. The smallest absolute Gasteiger partial charge is 0.259 e. The van der Waals surface area contributed by atoms with Crippen molar-refractivity contribution in [2.75, 3.05) is 11.1 Å². The van der Waals surface area contributed by atoms with Crippen molar-refractivity contribution in [3.63, 3.8) is 0 Å². The van der Waals surface area contributed by atoms with Gasteiger partial charge in [0.25, 0.3) is 5.91 Å². The standard InChI is InChI=1S/C15H20N4O/c1-8-6-9(2)13(7-12(8)16)17-15(20)14-10(3)18-19(5)11(14)4/h6-7H,16H2,1-5H3,(H,17,20). The molecule has 0 atom stereocenters. The Morgan fingerprint density at radius 2 is 1.85 bits per heavy atom. The van der Waals surface area contributed by atoms with E-state index in [9.17, 15) is 4.79 Å². The molecule has 0 bridgehead atoms. The van der Waals surface area contributed by atoms with Gasteiger partial charge in [0.15, 0.2) is 0 Å². The number of carbonyl (C=O) groups is 1. The van der Waals surface area contributed by atoms with Gasteiger partial charge in [-0.05, 0) is 44.9 Å². The second-order valence-corrected chi connectivity index (χ2v) is 5.15. The predicted octanol–water partition coefficient (Wildman–Crippen LogP) is 2.49. The van der Waals surface area contributed by atoms with E-state index in [0.717, 1.165) is 28.2 Å². The number of rotatable bonds is 2. The highest BCUT2D eigenvalue weighted by Crippen LogP contribution is 2.23. The number of anilines is 2. The Bertz CT molecular complexity index is 686. The number of carbonyl (C=O) groups excluding carboxylic acids is 1. The minimum atomic E-state index is -0.153. The highest BCUT2D eigenvalue weighted by Gasteiger charge is 2.18. The number of hydrogen-bond acceptors (Lipinski definition) is 3. The fourth-order valence-electron chi connectivity index (χ4n) is 2.29. The minimum Gasteiger partial charge on any atom is -0.398 e. The maximum Gasteiger partial charge on any atom is 0.259 e. The van der Waals surface area contributed by atoms with Gasteiger partial charge in [-0.25, -0.2) is 0 Å². The minimum absolute atomic E-state index is 0.153. The van der Waals surface area contributed by atoms with E-state index >= 15 is 0 Å². The Morgan fingerprint density at radius 3 is 2.40 bits per heavy atom. The van der Waals surface area contributed by atoms with Crippen molar-refractivity contribution in [3.8, 4) is 0 Å². The highest BCUT2D eigenvalue weighted by atomic mass is 16.1. The maximum atomic E-state index is 12.4. The molecule has 0 aliphatic carbocycles. The van der Waals surface area contributed by atoms with Gasteiger partial charge >= 0.3 is 0 Å². The third-order valence-electron chi connectivity index (χ3n) is 3.60. The van der Waals surface area contributed by atoms with Gasteiger partial charge in [0.05, 0.1) is 11.3 Å². The molecule has 1 aromatic carbocycles. The van der Waals surface area contributed by atoms with Crippen molar-refractivity contribution in [1.29, 1.82) is 0 Å². The van der Waals surface area contributed by atoms with Crippen LogP contribution in [0.25, 0.3) is 0 Å². The van der Waals surface area contributed by atoms with E-state index < -0.39 is 0 Å². The topological polar surface area (TPSA) is 72.9 Å². The lowest BCUT2D eigenvalue weighted by Crippen LogP contribution is -2.15. The van der Waals surface area contributed by atoms with Crippen LogP contribution < -0.4 is 11.1 Å². The Morgan fingerprint density at radius 1 is 1.20 bits per heavy atom. The van der Waals surface area contributed by atoms with E-state index in [1.807, 2.05) is 40.8 Å². The zero-order valence-corrected chi connectivity index (χ0v) is 12.5. The quantitative estimate of drug-likeness (QED) is 0.825. The number of hydrogen-bond donors (Lipinski definition) is 2. The third-order valence-corrected chi connectivity index (χ3v) is 3.60. The van der Waals surface area contributed by atoms with Crippen molar-refractivity contribution >= 4 is 17.3 Å². The van der Waals surface area contributed by atoms with Gasteiger partial charge in [0, 0.05) is 24.1 Å². The summed E-state index contributed by atoms with van der Waals surface area (Å²) < 4.78 is 1.71. The second kappa shape index (κ2) is 5.00. The Labute approximate surface area is 118 Å². The number of nitrogen functional groups attached to an aromatic ring is 1. The van der Waals surface area contributed by atoms with Crippen molar-refractivity contribution < 1.29 is 4.79 Å². The molecule has 5 nitrogen and oxygen atoms in total. The average molecular weight is 272 g/mol. The normalized spacial score (nSPS) is 10.7. The van der Waals surface area contributed by atoms with Crippen LogP contribution in [0.15, 0.2) is 12.1 Å². The fraction of sp³-hybridized carbons (Fsp3) is 0.333. The molecule has 3 N–H and O–H groups in total. The summed E-state index contributed by atoms with van der Waals surface area (Å²) in [5, 5.41) is 7.18. The Hall–Kier alpha value is -2.30. The summed E-state index contributed by atoms with van der Waals surface area (Å²) in [4.78, 5) is 12.4. The summed E-state index contributed by atoms with van der Waals surface area (Å²) >= 11 is 0. The molecule has 1 amide bonds. The molecule has 2 aromatic rings. The van der Waals surface area contributed by atoms with Crippen LogP contribution in [0.4, 0.5) is 11.4 Å². The van der Waals surface area contributed by atoms with Crippen LogP contribution in [0.3, 0.4) is 0 Å². The van der Waals surface area contributed by atoms with Crippen LogP contribution in [0.2, 0.25) is 0 Å². The first-order valence-electron chi connectivity index (χ1n) is 6.49. The molecule has 0 fully saturated rings. The molecule has 0 unspecified atom stereocenters. The van der Waals surface area contributed by atoms with Crippen LogP contribution in [0.1, 0.15) is 32.9 Å². The van der Waals surface area contributed by atoms with E-state index in [4.69, 9.17) is 5.73 Å². The van der Waals surface area contributed by atoms with E-state index in [1.54, 1.807) is 10.7 Å². The van der Waals surface area contributed by atoms with E-state index in [0.29, 0.717) is 11.3 Å². The summed E-state index contributed by atoms with van der Waals surface area (Å²) in [6, 6.07) is 3.76. The second-order valence-electron chi connectivity index (χ2n) is 5.15. The molecule has 0 aliphatic heterocycles. The molecule has 106 valence electrons. The van der Waals surface area contributed by atoms with Gasteiger partial charge in [-0.3, -0.25) is 9.48 Å². The highest BCUT2D eigenvalue weighted by molar-refractivity contribution is 6.06. The van der Waals surface area contributed by atoms with Crippen LogP contribution in [0.5, 0.6) is 0 Å². The molecule has 1 aromatic heterocycles. The Balaban J connectivity index is 2.35. The third kappa shape index (κ3) is 2.39. The fourth-order valence-corrected chi connectivity index (χ4v) is 2.29. The molecule has 0 radical (unpaired) electrons.